The lowest BCUT2D eigenvalue weighted by molar-refractivity contribution is 0.669. The molecule has 0 aliphatic heterocycles. The van der Waals surface area contributed by atoms with Gasteiger partial charge in [-0.15, -0.1) is 0 Å². The fraction of sp³-hybridized carbons (Fsp3) is 0. The molecule has 270 valence electrons. The maximum Gasteiger partial charge on any atom is 0.160 e. The number of hydrogen-bond acceptors (Lipinski definition) is 3. The Morgan fingerprint density at radius 1 is 0.298 bits per heavy atom. The van der Waals surface area contributed by atoms with Crippen LogP contribution in [0.3, 0.4) is 0 Å². The second kappa shape index (κ2) is 14.8. The van der Waals surface area contributed by atoms with Gasteiger partial charge in [-0.25, -0.2) is 9.97 Å². The molecule has 4 aromatic heterocycles. The Balaban J connectivity index is 0.000000124. The summed E-state index contributed by atoms with van der Waals surface area (Å²) in [5, 5.41) is 7.45. The third kappa shape index (κ3) is 6.68. The van der Waals surface area contributed by atoms with Crippen molar-refractivity contribution in [3.8, 4) is 33.9 Å². The van der Waals surface area contributed by atoms with Gasteiger partial charge in [-0.2, -0.15) is 0 Å². The molecule has 12 rings (SSSR count). The first kappa shape index (κ1) is 33.8. The van der Waals surface area contributed by atoms with Gasteiger partial charge in [-0.05, 0) is 48.5 Å². The maximum atomic E-state index is 6.10. The molecule has 0 saturated heterocycles. The Morgan fingerprint density at radius 2 is 0.702 bits per heavy atom. The number of hydrogen-bond donors (Lipinski definition) is 2. The average Bonchev–Trinajstić information content (AvgIpc) is 3.98. The summed E-state index contributed by atoms with van der Waals surface area (Å²) in [7, 11) is 0. The highest BCUT2D eigenvalue weighted by molar-refractivity contribution is 6.08. The third-order valence-corrected chi connectivity index (χ3v) is 10.3. The maximum absolute atomic E-state index is 6.10. The number of aromatic nitrogens is 4. The number of H-pyrrole nitrogens is 2. The highest BCUT2D eigenvalue weighted by atomic mass is 16.3. The van der Waals surface area contributed by atoms with E-state index in [4.69, 9.17) is 14.4 Å². The van der Waals surface area contributed by atoms with Crippen molar-refractivity contribution < 1.29 is 4.42 Å². The van der Waals surface area contributed by atoms with Crippen LogP contribution >= 0.6 is 0 Å². The summed E-state index contributed by atoms with van der Waals surface area (Å²) in [6.07, 6.45) is 0. The number of rotatable bonds is 3. The molecule has 0 atom stereocenters. The number of nitrogens with one attached hydrogen (secondary N) is 2. The van der Waals surface area contributed by atoms with Crippen molar-refractivity contribution in [3.63, 3.8) is 0 Å². The molecule has 0 amide bonds. The Labute approximate surface area is 328 Å². The Bertz CT molecular complexity index is 3040. The summed E-state index contributed by atoms with van der Waals surface area (Å²) >= 11 is 0. The minimum atomic E-state index is 0.710. The average molecular weight is 733 g/mol. The van der Waals surface area contributed by atoms with Crippen molar-refractivity contribution in [3.05, 3.63) is 206 Å². The molecule has 5 nitrogen and oxygen atoms in total. The molecule has 2 N–H and O–H groups in total. The number of furan rings is 1. The summed E-state index contributed by atoms with van der Waals surface area (Å²) in [5.74, 6) is 0.710. The van der Waals surface area contributed by atoms with Crippen LogP contribution in [0.5, 0.6) is 0 Å². The van der Waals surface area contributed by atoms with E-state index in [-0.39, 0.29) is 0 Å². The third-order valence-electron chi connectivity index (χ3n) is 10.3. The molecule has 0 unspecified atom stereocenters. The summed E-state index contributed by atoms with van der Waals surface area (Å²) in [4.78, 5) is 16.5. The molecule has 0 saturated carbocycles. The van der Waals surface area contributed by atoms with Crippen LogP contribution in [0.1, 0.15) is 0 Å². The predicted octanol–water partition coefficient (Wildman–Crippen LogP) is 14.0. The Hall–Kier alpha value is -7.76. The van der Waals surface area contributed by atoms with Crippen molar-refractivity contribution in [2.45, 2.75) is 0 Å². The Morgan fingerprint density at radius 3 is 1.23 bits per heavy atom. The molecule has 5 heteroatoms. The molecule has 0 spiro atoms. The van der Waals surface area contributed by atoms with Gasteiger partial charge in [-0.3, -0.25) is 0 Å². The van der Waals surface area contributed by atoms with E-state index in [1.807, 2.05) is 72.8 Å². The van der Waals surface area contributed by atoms with Gasteiger partial charge in [0, 0.05) is 71.1 Å². The lowest BCUT2D eigenvalue weighted by atomic mass is 10.0. The topological polar surface area (TPSA) is 70.5 Å². The molecule has 0 radical (unpaired) electrons. The largest absolute Gasteiger partial charge is 0.456 e. The summed E-state index contributed by atoms with van der Waals surface area (Å²) in [5.41, 5.74) is 11.4. The zero-order chi connectivity index (χ0) is 38.0. The molecule has 12 aromatic rings. The minimum absolute atomic E-state index is 0.710. The van der Waals surface area contributed by atoms with E-state index in [1.54, 1.807) is 0 Å². The van der Waals surface area contributed by atoms with Gasteiger partial charge < -0.3 is 14.4 Å². The van der Waals surface area contributed by atoms with E-state index in [0.29, 0.717) is 5.82 Å². The normalized spacial score (nSPS) is 11.2. The second-order valence-corrected chi connectivity index (χ2v) is 13.9. The lowest BCUT2D eigenvalue weighted by Gasteiger charge is -2.09. The van der Waals surface area contributed by atoms with Crippen LogP contribution in [-0.2, 0) is 0 Å². The summed E-state index contributed by atoms with van der Waals surface area (Å²) in [6.45, 7) is 0. The van der Waals surface area contributed by atoms with Gasteiger partial charge in [0.25, 0.3) is 0 Å². The van der Waals surface area contributed by atoms with Gasteiger partial charge in [-0.1, -0.05) is 158 Å². The fourth-order valence-corrected chi connectivity index (χ4v) is 7.55. The van der Waals surface area contributed by atoms with Gasteiger partial charge >= 0.3 is 0 Å². The highest BCUT2D eigenvalue weighted by Gasteiger charge is 2.13. The molecule has 57 heavy (non-hydrogen) atoms. The molecular formula is C52H36N4O. The minimum Gasteiger partial charge on any atom is -0.456 e. The van der Waals surface area contributed by atoms with E-state index in [2.05, 4.69) is 143 Å². The van der Waals surface area contributed by atoms with E-state index >= 15 is 0 Å². The van der Waals surface area contributed by atoms with Crippen molar-refractivity contribution in [1.82, 2.24) is 19.9 Å². The highest BCUT2D eigenvalue weighted by Crippen LogP contribution is 2.34. The van der Waals surface area contributed by atoms with Crippen LogP contribution in [0.25, 0.3) is 99.5 Å². The zero-order valence-electron chi connectivity index (χ0n) is 30.9. The monoisotopic (exact) mass is 732 g/mol. The number of nitrogens with zero attached hydrogens (tertiary/aromatic N) is 2. The molecule has 8 aromatic carbocycles. The lowest BCUT2D eigenvalue weighted by Crippen LogP contribution is -1.95. The molecule has 0 bridgehead atoms. The van der Waals surface area contributed by atoms with Crippen LogP contribution in [0.2, 0.25) is 0 Å². The van der Waals surface area contributed by atoms with E-state index in [1.165, 1.54) is 43.6 Å². The second-order valence-electron chi connectivity index (χ2n) is 13.9. The summed E-state index contributed by atoms with van der Waals surface area (Å²) < 4.78 is 6.10. The quantitative estimate of drug-likeness (QED) is 0.190. The van der Waals surface area contributed by atoms with E-state index < -0.39 is 0 Å². The molecule has 4 heterocycles. The Kier molecular flexibility index (Phi) is 8.78. The first-order chi connectivity index (χ1) is 28.2. The first-order valence-corrected chi connectivity index (χ1v) is 19.1. The van der Waals surface area contributed by atoms with Gasteiger partial charge in [0.15, 0.2) is 5.82 Å². The van der Waals surface area contributed by atoms with E-state index in [9.17, 15) is 0 Å². The first-order valence-electron chi connectivity index (χ1n) is 19.1. The van der Waals surface area contributed by atoms with E-state index in [0.717, 1.165) is 50.0 Å². The van der Waals surface area contributed by atoms with Crippen LogP contribution in [0, 0.1) is 0 Å². The SMILES string of the molecule is c1ccc(-c2cc(-c3ccc4c(c3)oc3ccccc34)nc(-c3ccccc3)n2)cc1.c1ccc2c(c1)[nH]c1ccccc12.c1ccc2c(c1)[nH]c1ccccc12. The van der Waals surface area contributed by atoms with Gasteiger partial charge in [0.05, 0.1) is 11.4 Å². The molecular weight excluding hydrogens is 697 g/mol. The van der Waals surface area contributed by atoms with Crippen LogP contribution in [0.4, 0.5) is 0 Å². The molecule has 0 aliphatic rings. The zero-order valence-corrected chi connectivity index (χ0v) is 30.9. The predicted molar refractivity (Wildman–Crippen MR) is 237 cm³/mol. The van der Waals surface area contributed by atoms with Gasteiger partial charge in [0.2, 0.25) is 0 Å². The van der Waals surface area contributed by atoms with Crippen molar-refractivity contribution in [2.75, 3.05) is 0 Å². The summed E-state index contributed by atoms with van der Waals surface area (Å²) in [6, 6.07) is 70.3. The van der Waals surface area contributed by atoms with Crippen molar-refractivity contribution in [2.24, 2.45) is 0 Å². The number of para-hydroxylation sites is 5. The number of aromatic amines is 2. The standard InChI is InChI=1S/C28H18N2O.2C12H9N/c1-3-9-19(10-4-1)24-18-25(30-28(29-24)20-11-5-2-6-12-20)21-15-16-23-22-13-7-8-14-26(22)31-27(23)17-21;2*1-3-7-11-9(5-1)10-6-2-4-8-12(10)13-11/h1-18H;2*1-8,13H. The van der Waals surface area contributed by atoms with Crippen molar-refractivity contribution in [1.29, 1.82) is 0 Å². The van der Waals surface area contributed by atoms with Gasteiger partial charge in [0.1, 0.15) is 11.2 Å². The molecule has 0 fully saturated rings. The fourth-order valence-electron chi connectivity index (χ4n) is 7.55. The molecule has 0 aliphatic carbocycles. The smallest absolute Gasteiger partial charge is 0.160 e. The number of benzene rings is 8. The van der Waals surface area contributed by atoms with Crippen LogP contribution < -0.4 is 0 Å². The van der Waals surface area contributed by atoms with Crippen molar-refractivity contribution >= 4 is 65.6 Å². The van der Waals surface area contributed by atoms with Crippen LogP contribution in [-0.4, -0.2) is 19.9 Å². The van der Waals surface area contributed by atoms with Crippen LogP contribution in [0.15, 0.2) is 211 Å². The number of fused-ring (bicyclic) bond motifs is 9.